The number of carbonyl (C=O) groups is 1. The second-order valence-electron chi connectivity index (χ2n) is 26.6. The lowest BCUT2D eigenvalue weighted by molar-refractivity contribution is -0.141. The number of likely N-dealkylation sites (N-methyl/N-ethyl adjacent to an activating group) is 3. The molecule has 1 amide bonds. The molecule has 4 unspecified atom stereocenters. The number of benzene rings is 4. The molecule has 0 aliphatic carbocycles. The molecule has 7 heterocycles. The zero-order valence-electron chi connectivity index (χ0n) is 63.8. The molecular formula is C80H95ClF3N15O14. The number of alkyl halides is 3. The number of ether oxygens (including phenoxy) is 10. The van der Waals surface area contributed by atoms with Crippen LogP contribution in [0.5, 0.6) is 34.6 Å². The van der Waals surface area contributed by atoms with Crippen molar-refractivity contribution < 1.29 is 80.7 Å². The lowest BCUT2D eigenvalue weighted by Gasteiger charge is -2.25. The summed E-state index contributed by atoms with van der Waals surface area (Å²) in [6.45, 7) is 5.73. The Kier molecular flexibility index (Phi) is 30.8. The van der Waals surface area contributed by atoms with E-state index in [1.54, 1.807) is 114 Å². The van der Waals surface area contributed by atoms with E-state index in [1.165, 1.54) is 6.07 Å². The summed E-state index contributed by atoms with van der Waals surface area (Å²) in [4.78, 5) is 58.2. The van der Waals surface area contributed by atoms with Gasteiger partial charge in [-0.05, 0) is 118 Å². The Bertz CT molecular complexity index is 4560. The van der Waals surface area contributed by atoms with E-state index in [1.807, 2.05) is 58.3 Å². The number of anilines is 3. The van der Waals surface area contributed by atoms with E-state index >= 15 is 0 Å². The van der Waals surface area contributed by atoms with Crippen LogP contribution >= 0.6 is 11.6 Å². The predicted molar refractivity (Wildman–Crippen MR) is 420 cm³/mol. The summed E-state index contributed by atoms with van der Waals surface area (Å²) < 4.78 is 101. The van der Waals surface area contributed by atoms with Gasteiger partial charge in [-0.25, -0.2) is 34.9 Å². The van der Waals surface area contributed by atoms with Crippen LogP contribution < -0.4 is 59.5 Å². The Morgan fingerprint density at radius 1 is 0.575 bits per heavy atom. The molecule has 2 aliphatic heterocycles. The number of fused-ring (bicyclic) bond motifs is 1. The standard InChI is InChI=1S/C80H95ClF3N15O14/c1-85-44-59(100)48-110-62-10-7-9-54(34-62)76-93-67(55-12-14-71(90-43-55)80(82,83)84)42-74(95-76)98(23-27-106-6)24-28-107-69-16-20-99(79(69)103)19-8-17-88-72-40-65(52-11-13-68-70(37-52)109-30-29-108-68)91-77(94-72)56-31-51(32-63(35-56)111-49-60(101)45-86-2)47-113-75-38-53(15-18-89-75)66-41-73(97(21-25-104-4)22-26-105-5)96-78(92-66)57-33-58(81)39-64(36-57)112-50-61(102)46-87-3/h7,9-15,18,31-43,59-61,69,85-87,100-102H,8,16-17,19-30,44-50H2,1-6H3,(H,88,91,94). The maximum Gasteiger partial charge on any atom is 0.433 e. The monoisotopic (exact) mass is 1580 g/mol. The van der Waals surface area contributed by atoms with Crippen LogP contribution in [0.25, 0.3) is 67.9 Å². The number of nitrogens with zero attached hydrogens (tertiary/aromatic N) is 11. The zero-order valence-corrected chi connectivity index (χ0v) is 64.6. The van der Waals surface area contributed by atoms with E-state index in [2.05, 4.69) is 31.2 Å². The highest BCUT2D eigenvalue weighted by Crippen LogP contribution is 2.38. The summed E-state index contributed by atoms with van der Waals surface area (Å²) >= 11 is 6.71. The molecule has 5 aromatic heterocycles. The molecule has 1 fully saturated rings. The summed E-state index contributed by atoms with van der Waals surface area (Å²) in [6, 6.07) is 34.5. The number of methoxy groups -OCH3 is 3. The molecule has 33 heteroatoms. The number of pyridine rings is 2. The van der Waals surface area contributed by atoms with Gasteiger partial charge in [0.25, 0.3) is 5.91 Å². The summed E-state index contributed by atoms with van der Waals surface area (Å²) in [5.41, 5.74) is 4.39. The molecule has 4 atom stereocenters. The molecule has 0 saturated carbocycles. The van der Waals surface area contributed by atoms with Gasteiger partial charge in [-0.2, -0.15) is 13.2 Å². The smallest absolute Gasteiger partial charge is 0.433 e. The van der Waals surface area contributed by atoms with Gasteiger partial charge in [-0.1, -0.05) is 23.7 Å². The van der Waals surface area contributed by atoms with Crippen molar-refractivity contribution in [2.45, 2.75) is 50.0 Å². The minimum absolute atomic E-state index is 0.00371. The van der Waals surface area contributed by atoms with Crippen LogP contribution in [0.15, 0.2) is 134 Å². The first-order valence-corrected chi connectivity index (χ1v) is 37.5. The summed E-state index contributed by atoms with van der Waals surface area (Å²) in [5.74, 6) is 4.98. The zero-order chi connectivity index (χ0) is 79.6. The normalized spacial score (nSPS) is 14.2. The molecule has 2 aliphatic rings. The first-order valence-electron chi connectivity index (χ1n) is 37.1. The van der Waals surface area contributed by atoms with Crippen molar-refractivity contribution in [3.63, 3.8) is 0 Å². The van der Waals surface area contributed by atoms with Crippen LogP contribution in [-0.4, -0.2) is 258 Å². The largest absolute Gasteiger partial charge is 0.491 e. The van der Waals surface area contributed by atoms with Crippen LogP contribution in [0.4, 0.5) is 30.6 Å². The predicted octanol–water partition coefficient (Wildman–Crippen LogP) is 8.42. The molecule has 0 spiro atoms. The quantitative estimate of drug-likeness (QED) is 0.0176. The minimum atomic E-state index is -4.65. The number of nitrogens with one attached hydrogen (secondary N) is 4. The Morgan fingerprint density at radius 3 is 1.77 bits per heavy atom. The van der Waals surface area contributed by atoms with Gasteiger partial charge >= 0.3 is 6.18 Å². The van der Waals surface area contributed by atoms with Gasteiger partial charge in [0.1, 0.15) is 104 Å². The summed E-state index contributed by atoms with van der Waals surface area (Å²) in [7, 11) is 10.0. The van der Waals surface area contributed by atoms with E-state index in [-0.39, 0.29) is 70.3 Å². The second-order valence-corrected chi connectivity index (χ2v) is 27.1. The van der Waals surface area contributed by atoms with E-state index in [0.717, 1.165) is 17.8 Å². The molecule has 113 heavy (non-hydrogen) atoms. The maximum atomic E-state index is 14.1. The molecule has 7 N–H and O–H groups in total. The number of halogens is 4. The third kappa shape index (κ3) is 24.2. The molecule has 9 aromatic rings. The number of hydrogen-bond donors (Lipinski definition) is 7. The number of amides is 1. The van der Waals surface area contributed by atoms with Gasteiger partial charge in [0.15, 0.2) is 29.0 Å². The Labute approximate surface area is 658 Å². The molecule has 0 radical (unpaired) electrons. The van der Waals surface area contributed by atoms with Gasteiger partial charge in [0.2, 0.25) is 5.88 Å². The summed E-state index contributed by atoms with van der Waals surface area (Å²) in [6.07, 6.45) is -4.03. The number of likely N-dealkylation sites (tertiary alicyclic amines) is 1. The minimum Gasteiger partial charge on any atom is -0.491 e. The number of carbonyl (C=O) groups excluding carboxylic acids is 1. The van der Waals surface area contributed by atoms with Gasteiger partial charge in [0.05, 0.1) is 43.5 Å². The van der Waals surface area contributed by atoms with E-state index in [9.17, 15) is 33.3 Å². The number of rotatable bonds is 44. The van der Waals surface area contributed by atoms with Gasteiger partial charge < -0.3 is 98.7 Å². The third-order valence-corrected chi connectivity index (χ3v) is 18.3. The lowest BCUT2D eigenvalue weighted by Crippen LogP contribution is -2.35. The van der Waals surface area contributed by atoms with Crippen molar-refractivity contribution in [2.75, 3.05) is 182 Å². The van der Waals surface area contributed by atoms with Gasteiger partial charge in [-0.15, -0.1) is 0 Å². The molecule has 4 aromatic carbocycles. The fourth-order valence-electron chi connectivity index (χ4n) is 12.4. The van der Waals surface area contributed by atoms with Crippen LogP contribution in [0.1, 0.15) is 24.1 Å². The average molecular weight is 1580 g/mol. The Morgan fingerprint density at radius 2 is 1.14 bits per heavy atom. The lowest BCUT2D eigenvalue weighted by atomic mass is 10.1. The molecule has 29 nitrogen and oxygen atoms in total. The fourth-order valence-corrected chi connectivity index (χ4v) is 12.6. The Balaban J connectivity index is 0.805. The van der Waals surface area contributed by atoms with Crippen LogP contribution in [0.2, 0.25) is 5.02 Å². The van der Waals surface area contributed by atoms with E-state index in [0.29, 0.717) is 205 Å². The topological polar surface area (TPSA) is 331 Å². The maximum absolute atomic E-state index is 14.1. The third-order valence-electron chi connectivity index (χ3n) is 18.0. The highest BCUT2D eigenvalue weighted by Gasteiger charge is 2.34. The van der Waals surface area contributed by atoms with Crippen molar-refractivity contribution >= 4 is 35.0 Å². The van der Waals surface area contributed by atoms with Crippen molar-refractivity contribution in [3.05, 3.63) is 150 Å². The van der Waals surface area contributed by atoms with Crippen LogP contribution in [-0.2, 0) is 36.5 Å². The molecule has 11 rings (SSSR count). The molecule has 1 saturated heterocycles. The molecule has 602 valence electrons. The first kappa shape index (κ1) is 83.7. The van der Waals surface area contributed by atoms with Crippen molar-refractivity contribution in [1.29, 1.82) is 0 Å². The van der Waals surface area contributed by atoms with Crippen molar-refractivity contribution in [3.8, 4) is 103 Å². The van der Waals surface area contributed by atoms with Crippen LogP contribution in [0.3, 0.4) is 0 Å². The summed E-state index contributed by atoms with van der Waals surface area (Å²) in [5, 5.41) is 44.3. The van der Waals surface area contributed by atoms with Gasteiger partial charge in [0, 0.05) is 168 Å². The van der Waals surface area contributed by atoms with E-state index in [4.69, 9.17) is 88.9 Å². The fraction of sp³-hybridized carbons (Fsp3) is 0.412. The average Bonchev–Trinajstić information content (AvgIpc) is 1.74. The van der Waals surface area contributed by atoms with Crippen LogP contribution in [0, 0.1) is 0 Å². The number of aliphatic hydroxyl groups is 3. The Hall–Kier alpha value is -10.2. The number of aliphatic hydroxyl groups excluding tert-OH is 3. The highest BCUT2D eigenvalue weighted by molar-refractivity contribution is 6.31. The van der Waals surface area contributed by atoms with Crippen molar-refractivity contribution in [2.24, 2.45) is 0 Å². The second kappa shape index (κ2) is 41.5. The highest BCUT2D eigenvalue weighted by atomic mass is 35.5. The molecular weight excluding hydrogens is 1490 g/mol. The van der Waals surface area contributed by atoms with Gasteiger partial charge in [-0.3, -0.25) is 9.78 Å². The van der Waals surface area contributed by atoms with E-state index < -0.39 is 36.3 Å². The number of hydrogen-bond acceptors (Lipinski definition) is 28. The SMILES string of the molecule is CNCC(O)COc1cc(COc2cc(-c3cc(N(CCOC)CCOC)nc(-c4cc(Cl)cc(OCC(O)CNC)c4)n3)ccn2)cc(-c2nc(NCCCN3CCC(OCCN(CCOC)c4cc(-c5ccc(C(F)(F)F)nc5)nc(-c5cccc(OCC(O)CNC)c5)n4)C3=O)cc(-c3ccc4c(c3)OCCO4)n2)c1. The number of aromatic nitrogens is 8. The molecule has 0 bridgehead atoms. The van der Waals surface area contributed by atoms with Crippen molar-refractivity contribution in [1.82, 2.24) is 60.7 Å². The first-order chi connectivity index (χ1) is 54.8.